The van der Waals surface area contributed by atoms with Crippen molar-refractivity contribution >= 4 is 17.3 Å². The van der Waals surface area contributed by atoms with Crippen molar-refractivity contribution in [1.82, 2.24) is 4.98 Å². The van der Waals surface area contributed by atoms with Gasteiger partial charge in [-0.2, -0.15) is 0 Å². The Bertz CT molecular complexity index is 523. The molecule has 0 spiro atoms. The molecule has 0 saturated heterocycles. The smallest absolute Gasteiger partial charge is 0.0639 e. The summed E-state index contributed by atoms with van der Waals surface area (Å²) in [6.07, 6.45) is 3.43. The van der Waals surface area contributed by atoms with E-state index in [1.807, 2.05) is 12.1 Å². The highest BCUT2D eigenvalue weighted by Crippen LogP contribution is 2.24. The number of nitrogens with one attached hydrogen (secondary N) is 1. The van der Waals surface area contributed by atoms with E-state index in [4.69, 9.17) is 11.6 Å². The second-order valence-corrected chi connectivity index (χ2v) is 4.97. The molecule has 0 unspecified atom stereocenters. The average Bonchev–Trinajstić information content (AvgIpc) is 2.38. The molecule has 1 aromatic carbocycles. The number of hydrogen-bond acceptors (Lipinski definition) is 2. The first-order chi connectivity index (χ1) is 8.68. The van der Waals surface area contributed by atoms with Crippen LogP contribution in [0.15, 0.2) is 42.7 Å². The van der Waals surface area contributed by atoms with Gasteiger partial charge in [0.1, 0.15) is 0 Å². The number of hydrogen-bond donors (Lipinski definition) is 1. The second kappa shape index (κ2) is 5.87. The van der Waals surface area contributed by atoms with Crippen molar-refractivity contribution in [2.24, 2.45) is 0 Å². The summed E-state index contributed by atoms with van der Waals surface area (Å²) in [6, 6.07) is 10.3. The maximum atomic E-state index is 6.09. The molecule has 0 radical (unpaired) electrons. The number of benzene rings is 1. The maximum absolute atomic E-state index is 6.09. The van der Waals surface area contributed by atoms with Gasteiger partial charge in [-0.25, -0.2) is 0 Å². The van der Waals surface area contributed by atoms with Crippen LogP contribution in [-0.4, -0.2) is 4.98 Å². The van der Waals surface area contributed by atoms with Gasteiger partial charge in [-0.05, 0) is 29.2 Å². The maximum Gasteiger partial charge on any atom is 0.0639 e. The molecule has 1 heterocycles. The van der Waals surface area contributed by atoms with Gasteiger partial charge in [-0.1, -0.05) is 43.6 Å². The quantitative estimate of drug-likeness (QED) is 0.877. The number of halogens is 1. The van der Waals surface area contributed by atoms with E-state index in [0.717, 1.165) is 5.56 Å². The van der Waals surface area contributed by atoms with Gasteiger partial charge in [-0.3, -0.25) is 4.98 Å². The van der Waals surface area contributed by atoms with Crippen LogP contribution in [0.5, 0.6) is 0 Å². The zero-order valence-corrected chi connectivity index (χ0v) is 11.4. The molecule has 0 bridgehead atoms. The van der Waals surface area contributed by atoms with Crippen LogP contribution >= 0.6 is 11.6 Å². The van der Waals surface area contributed by atoms with Crippen LogP contribution in [0.25, 0.3) is 0 Å². The first kappa shape index (κ1) is 12.9. The van der Waals surface area contributed by atoms with Crippen LogP contribution in [0.3, 0.4) is 0 Å². The van der Waals surface area contributed by atoms with Crippen LogP contribution in [0.1, 0.15) is 30.9 Å². The van der Waals surface area contributed by atoms with Crippen LogP contribution in [-0.2, 0) is 6.54 Å². The molecule has 0 saturated carbocycles. The molecule has 1 N–H and O–H groups in total. The fourth-order valence-electron chi connectivity index (χ4n) is 1.90. The Morgan fingerprint density at radius 1 is 1.22 bits per heavy atom. The van der Waals surface area contributed by atoms with Gasteiger partial charge in [0, 0.05) is 24.6 Å². The van der Waals surface area contributed by atoms with E-state index in [0.29, 0.717) is 17.5 Å². The standard InChI is InChI=1S/C15H17ClN2/c1-11(2)13-5-3-4-6-15(13)18-9-12-7-8-17-10-14(12)16/h3-8,10-11,18H,9H2,1-2H3. The van der Waals surface area contributed by atoms with E-state index in [9.17, 15) is 0 Å². The zero-order valence-electron chi connectivity index (χ0n) is 10.7. The third kappa shape index (κ3) is 3.02. The van der Waals surface area contributed by atoms with E-state index < -0.39 is 0 Å². The molecule has 0 fully saturated rings. The first-order valence-corrected chi connectivity index (χ1v) is 6.47. The monoisotopic (exact) mass is 260 g/mol. The third-order valence-electron chi connectivity index (χ3n) is 2.91. The highest BCUT2D eigenvalue weighted by atomic mass is 35.5. The fraction of sp³-hybridized carbons (Fsp3) is 0.267. The molecule has 0 aliphatic heterocycles. The Morgan fingerprint density at radius 3 is 2.72 bits per heavy atom. The Balaban J connectivity index is 2.14. The van der Waals surface area contributed by atoms with Gasteiger partial charge in [0.25, 0.3) is 0 Å². The van der Waals surface area contributed by atoms with E-state index >= 15 is 0 Å². The first-order valence-electron chi connectivity index (χ1n) is 6.09. The summed E-state index contributed by atoms with van der Waals surface area (Å²) in [5, 5.41) is 4.14. The van der Waals surface area contributed by atoms with E-state index in [-0.39, 0.29) is 0 Å². The number of pyridine rings is 1. The molecule has 0 aliphatic rings. The largest absolute Gasteiger partial charge is 0.381 e. The van der Waals surface area contributed by atoms with E-state index in [1.165, 1.54) is 11.3 Å². The molecular weight excluding hydrogens is 244 g/mol. The fourth-order valence-corrected chi connectivity index (χ4v) is 2.09. The van der Waals surface area contributed by atoms with Crippen molar-refractivity contribution in [3.8, 4) is 0 Å². The lowest BCUT2D eigenvalue weighted by molar-refractivity contribution is 0.865. The van der Waals surface area contributed by atoms with Gasteiger partial charge >= 0.3 is 0 Å². The minimum absolute atomic E-state index is 0.501. The van der Waals surface area contributed by atoms with E-state index in [1.54, 1.807) is 12.4 Å². The lowest BCUT2D eigenvalue weighted by Crippen LogP contribution is -2.03. The number of anilines is 1. The highest BCUT2D eigenvalue weighted by Gasteiger charge is 2.06. The van der Waals surface area contributed by atoms with Crippen molar-refractivity contribution in [3.05, 3.63) is 58.9 Å². The summed E-state index contributed by atoms with van der Waals surface area (Å²) in [6.45, 7) is 5.10. The average molecular weight is 261 g/mol. The van der Waals surface area contributed by atoms with Crippen LogP contribution in [0, 0.1) is 0 Å². The topological polar surface area (TPSA) is 24.9 Å². The molecule has 0 aliphatic carbocycles. The lowest BCUT2D eigenvalue weighted by atomic mass is 10.0. The SMILES string of the molecule is CC(C)c1ccccc1NCc1ccncc1Cl. The summed E-state index contributed by atoms with van der Waals surface area (Å²) < 4.78 is 0. The van der Waals surface area contributed by atoms with Crippen LogP contribution in [0.2, 0.25) is 5.02 Å². The molecule has 3 heteroatoms. The van der Waals surface area contributed by atoms with Gasteiger partial charge in [0.15, 0.2) is 0 Å². The van der Waals surface area contributed by atoms with Crippen molar-refractivity contribution in [2.75, 3.05) is 5.32 Å². The minimum Gasteiger partial charge on any atom is -0.381 e. The number of aromatic nitrogens is 1. The lowest BCUT2D eigenvalue weighted by Gasteiger charge is -2.14. The summed E-state index contributed by atoms with van der Waals surface area (Å²) in [5.41, 5.74) is 3.55. The van der Waals surface area contributed by atoms with Crippen LogP contribution in [0.4, 0.5) is 5.69 Å². The molecule has 2 aromatic rings. The van der Waals surface area contributed by atoms with Gasteiger partial charge in [-0.15, -0.1) is 0 Å². The molecule has 2 nitrogen and oxygen atoms in total. The molecular formula is C15H17ClN2. The molecule has 18 heavy (non-hydrogen) atoms. The molecule has 2 rings (SSSR count). The second-order valence-electron chi connectivity index (χ2n) is 4.56. The Kier molecular flexibility index (Phi) is 4.21. The van der Waals surface area contributed by atoms with Gasteiger partial charge in [0.05, 0.1) is 5.02 Å². The van der Waals surface area contributed by atoms with Crippen molar-refractivity contribution in [1.29, 1.82) is 0 Å². The van der Waals surface area contributed by atoms with E-state index in [2.05, 4.69) is 42.3 Å². The third-order valence-corrected chi connectivity index (χ3v) is 3.25. The van der Waals surface area contributed by atoms with Crippen molar-refractivity contribution in [3.63, 3.8) is 0 Å². The normalized spacial score (nSPS) is 10.7. The molecule has 0 atom stereocenters. The summed E-state index contributed by atoms with van der Waals surface area (Å²) >= 11 is 6.09. The Hall–Kier alpha value is -1.54. The summed E-state index contributed by atoms with van der Waals surface area (Å²) in [7, 11) is 0. The molecule has 94 valence electrons. The molecule has 1 aromatic heterocycles. The predicted octanol–water partition coefficient (Wildman–Crippen LogP) is 4.47. The van der Waals surface area contributed by atoms with Crippen molar-refractivity contribution < 1.29 is 0 Å². The Morgan fingerprint density at radius 2 is 2.00 bits per heavy atom. The van der Waals surface area contributed by atoms with Crippen LogP contribution < -0.4 is 5.32 Å². The minimum atomic E-state index is 0.501. The number of para-hydroxylation sites is 1. The summed E-state index contributed by atoms with van der Waals surface area (Å²) in [4.78, 5) is 3.99. The van der Waals surface area contributed by atoms with Gasteiger partial charge < -0.3 is 5.32 Å². The number of nitrogens with zero attached hydrogens (tertiary/aromatic N) is 1. The highest BCUT2D eigenvalue weighted by molar-refractivity contribution is 6.31. The van der Waals surface area contributed by atoms with Crippen molar-refractivity contribution in [2.45, 2.75) is 26.3 Å². The zero-order chi connectivity index (χ0) is 13.0. The Labute approximate surface area is 113 Å². The number of rotatable bonds is 4. The van der Waals surface area contributed by atoms with Gasteiger partial charge in [0.2, 0.25) is 0 Å². The predicted molar refractivity (Wildman–Crippen MR) is 77.1 cm³/mol. The molecule has 0 amide bonds. The summed E-state index contributed by atoms with van der Waals surface area (Å²) in [5.74, 6) is 0.501.